The summed E-state index contributed by atoms with van der Waals surface area (Å²) in [6.07, 6.45) is 6.35. The number of carbonyl (C=O) groups excluding carboxylic acids is 1. The van der Waals surface area contributed by atoms with Crippen LogP contribution in [0.15, 0.2) is 18.5 Å². The predicted octanol–water partition coefficient (Wildman–Crippen LogP) is 1.23. The molecule has 1 saturated carbocycles. The molecular formula is C15H25N3O2. The number of nitrogens with one attached hydrogen (secondary N) is 1. The lowest BCUT2D eigenvalue weighted by molar-refractivity contribution is -0.132. The molecule has 0 radical (unpaired) electrons. The van der Waals surface area contributed by atoms with Crippen LogP contribution >= 0.6 is 0 Å². The Balaban J connectivity index is 1.78. The Bertz CT molecular complexity index is 427. The zero-order chi connectivity index (χ0) is 14.4. The SMILES string of the molecule is CCN(C(=O)Cn1ccc(CNCCOC)c1)C1CC1. The number of amides is 1. The molecule has 0 atom stereocenters. The quantitative estimate of drug-likeness (QED) is 0.692. The van der Waals surface area contributed by atoms with Crippen molar-refractivity contribution in [3.63, 3.8) is 0 Å². The Hall–Kier alpha value is -1.33. The summed E-state index contributed by atoms with van der Waals surface area (Å²) < 4.78 is 6.96. The van der Waals surface area contributed by atoms with Crippen LogP contribution in [0.5, 0.6) is 0 Å². The molecule has 0 saturated heterocycles. The second-order valence-electron chi connectivity index (χ2n) is 5.27. The Morgan fingerprint density at radius 3 is 3.00 bits per heavy atom. The summed E-state index contributed by atoms with van der Waals surface area (Å²) in [7, 11) is 1.70. The molecule has 0 bridgehead atoms. The van der Waals surface area contributed by atoms with E-state index in [0.29, 0.717) is 19.2 Å². The van der Waals surface area contributed by atoms with Crippen molar-refractivity contribution >= 4 is 5.91 Å². The fourth-order valence-electron chi connectivity index (χ4n) is 2.37. The van der Waals surface area contributed by atoms with Crippen molar-refractivity contribution < 1.29 is 9.53 Å². The van der Waals surface area contributed by atoms with E-state index in [4.69, 9.17) is 4.74 Å². The number of hydrogen-bond donors (Lipinski definition) is 1. The number of methoxy groups -OCH3 is 1. The number of ether oxygens (including phenoxy) is 1. The summed E-state index contributed by atoms with van der Waals surface area (Å²) >= 11 is 0. The van der Waals surface area contributed by atoms with E-state index >= 15 is 0 Å². The van der Waals surface area contributed by atoms with E-state index in [9.17, 15) is 4.79 Å². The average molecular weight is 279 g/mol. The van der Waals surface area contributed by atoms with Gasteiger partial charge in [0.05, 0.1) is 6.61 Å². The Morgan fingerprint density at radius 2 is 2.35 bits per heavy atom. The van der Waals surface area contributed by atoms with Gasteiger partial charge in [-0.15, -0.1) is 0 Å². The smallest absolute Gasteiger partial charge is 0.242 e. The Kier molecular flexibility index (Phi) is 5.61. The van der Waals surface area contributed by atoms with Gasteiger partial charge in [-0.3, -0.25) is 4.79 Å². The molecule has 0 spiro atoms. The van der Waals surface area contributed by atoms with Crippen molar-refractivity contribution in [2.45, 2.75) is 38.9 Å². The van der Waals surface area contributed by atoms with Gasteiger partial charge >= 0.3 is 0 Å². The van der Waals surface area contributed by atoms with Gasteiger partial charge in [-0.2, -0.15) is 0 Å². The number of nitrogens with zero attached hydrogens (tertiary/aromatic N) is 2. The highest BCUT2D eigenvalue weighted by Crippen LogP contribution is 2.26. The van der Waals surface area contributed by atoms with Crippen LogP contribution in [0.1, 0.15) is 25.3 Å². The van der Waals surface area contributed by atoms with Crippen LogP contribution in [-0.4, -0.2) is 48.2 Å². The van der Waals surface area contributed by atoms with Gasteiger partial charge in [0.1, 0.15) is 6.54 Å². The average Bonchev–Trinajstić information content (AvgIpc) is 3.16. The molecule has 0 aliphatic heterocycles. The van der Waals surface area contributed by atoms with Crippen molar-refractivity contribution in [2.24, 2.45) is 0 Å². The van der Waals surface area contributed by atoms with Gasteiger partial charge < -0.3 is 19.5 Å². The fraction of sp³-hybridized carbons (Fsp3) is 0.667. The minimum Gasteiger partial charge on any atom is -0.383 e. The molecule has 1 fully saturated rings. The molecule has 1 aliphatic carbocycles. The summed E-state index contributed by atoms with van der Waals surface area (Å²) in [6.45, 7) is 5.68. The molecule has 2 rings (SSSR count). The summed E-state index contributed by atoms with van der Waals surface area (Å²) in [5, 5.41) is 3.30. The van der Waals surface area contributed by atoms with Crippen molar-refractivity contribution in [3.8, 4) is 0 Å². The second-order valence-corrected chi connectivity index (χ2v) is 5.27. The van der Waals surface area contributed by atoms with E-state index < -0.39 is 0 Å². The predicted molar refractivity (Wildman–Crippen MR) is 78.4 cm³/mol. The van der Waals surface area contributed by atoms with Gasteiger partial charge in [0.25, 0.3) is 0 Å². The molecule has 5 nitrogen and oxygen atoms in total. The van der Waals surface area contributed by atoms with Crippen molar-refractivity contribution in [2.75, 3.05) is 26.8 Å². The first kappa shape index (κ1) is 15.1. The molecule has 112 valence electrons. The zero-order valence-electron chi connectivity index (χ0n) is 12.5. The molecule has 1 heterocycles. The van der Waals surface area contributed by atoms with Gasteiger partial charge in [0.15, 0.2) is 0 Å². The third kappa shape index (κ3) is 4.35. The van der Waals surface area contributed by atoms with Crippen LogP contribution < -0.4 is 5.32 Å². The van der Waals surface area contributed by atoms with E-state index in [0.717, 1.165) is 19.6 Å². The highest BCUT2D eigenvalue weighted by atomic mass is 16.5. The largest absolute Gasteiger partial charge is 0.383 e. The minimum atomic E-state index is 0.226. The first-order chi connectivity index (χ1) is 9.74. The third-order valence-electron chi connectivity index (χ3n) is 3.59. The number of rotatable bonds is 9. The minimum absolute atomic E-state index is 0.226. The maximum Gasteiger partial charge on any atom is 0.242 e. The molecule has 5 heteroatoms. The highest BCUT2D eigenvalue weighted by molar-refractivity contribution is 5.76. The van der Waals surface area contributed by atoms with Gasteiger partial charge in [-0.1, -0.05) is 0 Å². The van der Waals surface area contributed by atoms with Gasteiger partial charge in [-0.25, -0.2) is 0 Å². The van der Waals surface area contributed by atoms with Crippen LogP contribution in [0, 0.1) is 0 Å². The van der Waals surface area contributed by atoms with Gasteiger partial charge in [0, 0.05) is 45.2 Å². The molecule has 1 aromatic heterocycles. The summed E-state index contributed by atoms with van der Waals surface area (Å²) in [4.78, 5) is 14.2. The van der Waals surface area contributed by atoms with E-state index in [2.05, 4.69) is 18.3 Å². The Morgan fingerprint density at radius 1 is 1.55 bits per heavy atom. The zero-order valence-corrected chi connectivity index (χ0v) is 12.5. The van der Waals surface area contributed by atoms with Crippen molar-refractivity contribution in [1.29, 1.82) is 0 Å². The summed E-state index contributed by atoms with van der Waals surface area (Å²) in [5.74, 6) is 0.226. The second kappa shape index (κ2) is 7.45. The van der Waals surface area contributed by atoms with Crippen LogP contribution in [-0.2, 0) is 22.6 Å². The molecule has 1 aromatic rings. The monoisotopic (exact) mass is 279 g/mol. The van der Waals surface area contributed by atoms with E-state index in [1.54, 1.807) is 7.11 Å². The fourth-order valence-corrected chi connectivity index (χ4v) is 2.37. The summed E-state index contributed by atoms with van der Waals surface area (Å²) in [6, 6.07) is 2.55. The van der Waals surface area contributed by atoms with Crippen LogP contribution in [0.3, 0.4) is 0 Å². The summed E-state index contributed by atoms with van der Waals surface area (Å²) in [5.41, 5.74) is 1.20. The van der Waals surface area contributed by atoms with Gasteiger partial charge in [-0.05, 0) is 31.4 Å². The molecule has 1 aliphatic rings. The first-order valence-corrected chi connectivity index (χ1v) is 7.38. The molecule has 1 N–H and O–H groups in total. The number of hydrogen-bond acceptors (Lipinski definition) is 3. The lowest BCUT2D eigenvalue weighted by Gasteiger charge is -2.20. The molecular weight excluding hydrogens is 254 g/mol. The lowest BCUT2D eigenvalue weighted by atomic mass is 10.3. The first-order valence-electron chi connectivity index (χ1n) is 7.38. The van der Waals surface area contributed by atoms with Crippen LogP contribution in [0.2, 0.25) is 0 Å². The molecule has 20 heavy (non-hydrogen) atoms. The maximum absolute atomic E-state index is 12.2. The van der Waals surface area contributed by atoms with Crippen molar-refractivity contribution in [3.05, 3.63) is 24.0 Å². The normalized spacial score (nSPS) is 14.5. The van der Waals surface area contributed by atoms with E-state index in [-0.39, 0.29) is 5.91 Å². The number of aromatic nitrogens is 1. The number of likely N-dealkylation sites (N-methyl/N-ethyl adjacent to an activating group) is 1. The third-order valence-corrected chi connectivity index (χ3v) is 3.59. The van der Waals surface area contributed by atoms with E-state index in [1.165, 1.54) is 18.4 Å². The Labute approximate surface area is 120 Å². The maximum atomic E-state index is 12.2. The topological polar surface area (TPSA) is 46.5 Å². The lowest BCUT2D eigenvalue weighted by Crippen LogP contribution is -2.35. The number of carbonyl (C=O) groups is 1. The standard InChI is InChI=1S/C15H25N3O2/c1-3-18(14-4-5-14)15(19)12-17-8-6-13(11-17)10-16-7-9-20-2/h6,8,11,14,16H,3-5,7,9-10,12H2,1-2H3. The molecule has 1 amide bonds. The van der Waals surface area contributed by atoms with Crippen molar-refractivity contribution in [1.82, 2.24) is 14.8 Å². The van der Waals surface area contributed by atoms with Crippen LogP contribution in [0.4, 0.5) is 0 Å². The molecule has 0 aromatic carbocycles. The highest BCUT2D eigenvalue weighted by Gasteiger charge is 2.31. The molecule has 0 unspecified atom stereocenters. The van der Waals surface area contributed by atoms with Crippen LogP contribution in [0.25, 0.3) is 0 Å². The van der Waals surface area contributed by atoms with E-state index in [1.807, 2.05) is 21.9 Å². The van der Waals surface area contributed by atoms with Gasteiger partial charge in [0.2, 0.25) is 5.91 Å².